The summed E-state index contributed by atoms with van der Waals surface area (Å²) in [7, 11) is 0. The fourth-order valence-electron chi connectivity index (χ4n) is 2.96. The highest BCUT2D eigenvalue weighted by molar-refractivity contribution is 5.91. The maximum Gasteiger partial charge on any atom is 0.293 e. The number of benzene rings is 1. The van der Waals surface area contributed by atoms with E-state index in [1.807, 2.05) is 15.9 Å². The minimum absolute atomic E-state index is 0.0818. The number of aromatic nitrogens is 1. The van der Waals surface area contributed by atoms with Gasteiger partial charge in [0, 0.05) is 38.3 Å². The van der Waals surface area contributed by atoms with Crippen molar-refractivity contribution in [2.75, 3.05) is 42.9 Å². The van der Waals surface area contributed by atoms with Crippen LogP contribution in [0, 0.1) is 28.4 Å². The Morgan fingerprint density at radius 3 is 2.70 bits per heavy atom. The highest BCUT2D eigenvalue weighted by Gasteiger charge is 2.25. The smallest absolute Gasteiger partial charge is 0.293 e. The van der Waals surface area contributed by atoms with Crippen LogP contribution >= 0.6 is 0 Å². The van der Waals surface area contributed by atoms with E-state index in [0.29, 0.717) is 43.4 Å². The summed E-state index contributed by atoms with van der Waals surface area (Å²) in [6.07, 6.45) is 0. The summed E-state index contributed by atoms with van der Waals surface area (Å²) in [6.45, 7) is 4.20. The molecule has 0 radical (unpaired) electrons. The van der Waals surface area contributed by atoms with Gasteiger partial charge in [0.2, 0.25) is 5.91 Å². The lowest BCUT2D eigenvalue weighted by Gasteiger charge is -2.35. The molecule has 2 aromatic rings. The molecule has 1 amide bonds. The lowest BCUT2D eigenvalue weighted by Crippen LogP contribution is -2.48. The molecule has 10 heteroatoms. The fraction of sp³-hybridized carbons (Fsp3) is 0.353. The van der Waals surface area contributed by atoms with E-state index in [1.165, 1.54) is 6.07 Å². The van der Waals surface area contributed by atoms with E-state index < -0.39 is 4.92 Å². The number of rotatable bonds is 5. The molecule has 1 saturated heterocycles. The summed E-state index contributed by atoms with van der Waals surface area (Å²) < 4.78 is 4.91. The van der Waals surface area contributed by atoms with Gasteiger partial charge in [0.1, 0.15) is 11.4 Å². The highest BCUT2D eigenvalue weighted by Crippen LogP contribution is 2.29. The van der Waals surface area contributed by atoms with Crippen LogP contribution in [0.2, 0.25) is 0 Å². The first kappa shape index (κ1) is 18.3. The number of amides is 1. The molecule has 1 fully saturated rings. The Morgan fingerprint density at radius 1 is 1.37 bits per heavy atom. The first-order valence-corrected chi connectivity index (χ1v) is 8.35. The minimum Gasteiger partial charge on any atom is -0.363 e. The third-order valence-electron chi connectivity index (χ3n) is 4.28. The van der Waals surface area contributed by atoms with Crippen LogP contribution < -0.4 is 10.2 Å². The first-order chi connectivity index (χ1) is 13.0. The van der Waals surface area contributed by atoms with Crippen LogP contribution in [0.1, 0.15) is 11.3 Å². The molecule has 10 nitrogen and oxygen atoms in total. The molecule has 0 saturated carbocycles. The molecule has 0 spiro atoms. The normalized spacial score (nSPS) is 14.6. The predicted octanol–water partition coefficient (Wildman–Crippen LogP) is 1.52. The van der Waals surface area contributed by atoms with Crippen molar-refractivity contribution in [2.45, 2.75) is 6.92 Å². The zero-order valence-corrected chi connectivity index (χ0v) is 14.7. The van der Waals surface area contributed by atoms with Gasteiger partial charge in [0.25, 0.3) is 5.69 Å². The molecule has 1 aliphatic rings. The molecule has 0 atom stereocenters. The van der Waals surface area contributed by atoms with Crippen LogP contribution in [-0.4, -0.2) is 53.6 Å². The average Bonchev–Trinajstić information content (AvgIpc) is 3.06. The second-order valence-electron chi connectivity index (χ2n) is 6.21. The molecule has 0 unspecified atom stereocenters. The van der Waals surface area contributed by atoms with Crippen molar-refractivity contribution in [1.82, 2.24) is 10.1 Å². The van der Waals surface area contributed by atoms with Gasteiger partial charge in [-0.2, -0.15) is 5.26 Å². The predicted molar refractivity (Wildman–Crippen MR) is 96.3 cm³/mol. The van der Waals surface area contributed by atoms with Gasteiger partial charge in [-0.3, -0.25) is 19.8 Å². The van der Waals surface area contributed by atoms with E-state index in [1.54, 1.807) is 25.1 Å². The average molecular weight is 370 g/mol. The Morgan fingerprint density at radius 2 is 2.11 bits per heavy atom. The monoisotopic (exact) mass is 370 g/mol. The molecule has 1 aliphatic heterocycles. The second kappa shape index (κ2) is 7.84. The summed E-state index contributed by atoms with van der Waals surface area (Å²) in [5.74, 6) is 0.799. The van der Waals surface area contributed by atoms with Gasteiger partial charge >= 0.3 is 0 Å². The summed E-state index contributed by atoms with van der Waals surface area (Å²) in [5, 5.41) is 26.6. The Kier molecular flexibility index (Phi) is 5.33. The second-order valence-corrected chi connectivity index (χ2v) is 6.21. The number of hydrogen-bond donors (Lipinski definition) is 1. The first-order valence-electron chi connectivity index (χ1n) is 8.35. The quantitative estimate of drug-likeness (QED) is 0.620. The van der Waals surface area contributed by atoms with Crippen LogP contribution in [-0.2, 0) is 4.79 Å². The number of aryl methyl sites for hydroxylation is 1. The van der Waals surface area contributed by atoms with E-state index in [9.17, 15) is 14.9 Å². The Balaban J connectivity index is 1.58. The number of nitrogens with zero attached hydrogens (tertiary/aromatic N) is 5. The summed E-state index contributed by atoms with van der Waals surface area (Å²) >= 11 is 0. The number of piperazine rings is 1. The fourth-order valence-corrected chi connectivity index (χ4v) is 2.96. The maximum atomic E-state index is 12.1. The summed E-state index contributed by atoms with van der Waals surface area (Å²) in [6, 6.07) is 8.02. The van der Waals surface area contributed by atoms with Crippen molar-refractivity contribution in [3.05, 3.63) is 45.7 Å². The lowest BCUT2D eigenvalue weighted by molar-refractivity contribution is -0.384. The molecule has 2 heterocycles. The van der Waals surface area contributed by atoms with Crippen molar-refractivity contribution in [2.24, 2.45) is 0 Å². The van der Waals surface area contributed by atoms with Crippen molar-refractivity contribution >= 4 is 23.1 Å². The van der Waals surface area contributed by atoms with Gasteiger partial charge in [0.05, 0.1) is 23.1 Å². The minimum atomic E-state index is -0.476. The topological polar surface area (TPSA) is 129 Å². The van der Waals surface area contributed by atoms with Gasteiger partial charge in [-0.25, -0.2) is 0 Å². The van der Waals surface area contributed by atoms with Crippen LogP contribution in [0.15, 0.2) is 28.8 Å². The number of hydrogen-bond acceptors (Lipinski definition) is 8. The zero-order valence-electron chi connectivity index (χ0n) is 14.7. The molecule has 3 rings (SSSR count). The maximum absolute atomic E-state index is 12.1. The summed E-state index contributed by atoms with van der Waals surface area (Å²) in [4.78, 5) is 26.8. The standard InChI is InChI=1S/C17H18N6O4/c1-12-8-16(20-27-12)19-17(24)11-21-4-6-22(7-5-21)14-3-2-13(10-18)9-15(14)23(25)26/h2-3,8-9H,4-7,11H2,1H3,(H,19,20,24). The molecule has 0 bridgehead atoms. The number of anilines is 2. The Bertz CT molecular complexity index is 895. The van der Waals surface area contributed by atoms with Crippen molar-refractivity contribution in [3.63, 3.8) is 0 Å². The van der Waals surface area contributed by atoms with Crippen LogP contribution in [0.5, 0.6) is 0 Å². The SMILES string of the molecule is Cc1cc(NC(=O)CN2CCN(c3ccc(C#N)cc3[N+](=O)[O-])CC2)no1. The van der Waals surface area contributed by atoms with Crippen molar-refractivity contribution in [1.29, 1.82) is 5.26 Å². The van der Waals surface area contributed by atoms with Crippen molar-refractivity contribution < 1.29 is 14.2 Å². The van der Waals surface area contributed by atoms with Gasteiger partial charge in [-0.1, -0.05) is 5.16 Å². The van der Waals surface area contributed by atoms with Gasteiger partial charge in [0.15, 0.2) is 5.82 Å². The molecule has 140 valence electrons. The number of carbonyl (C=O) groups is 1. The molecular weight excluding hydrogens is 352 g/mol. The summed E-state index contributed by atoms with van der Waals surface area (Å²) in [5.41, 5.74) is 0.659. The van der Waals surface area contributed by atoms with Gasteiger partial charge in [-0.05, 0) is 19.1 Å². The van der Waals surface area contributed by atoms with Crippen LogP contribution in [0.25, 0.3) is 0 Å². The largest absolute Gasteiger partial charge is 0.363 e. The lowest BCUT2D eigenvalue weighted by atomic mass is 10.1. The van der Waals surface area contributed by atoms with Gasteiger partial charge in [-0.15, -0.1) is 0 Å². The van der Waals surface area contributed by atoms with Gasteiger partial charge < -0.3 is 14.7 Å². The number of carbonyl (C=O) groups excluding carboxylic acids is 1. The molecule has 1 N–H and O–H groups in total. The molecule has 27 heavy (non-hydrogen) atoms. The molecule has 1 aromatic carbocycles. The number of nitrogens with one attached hydrogen (secondary N) is 1. The van der Waals surface area contributed by atoms with Crippen LogP contribution in [0.3, 0.4) is 0 Å². The van der Waals surface area contributed by atoms with E-state index in [4.69, 9.17) is 9.78 Å². The van der Waals surface area contributed by atoms with E-state index in [2.05, 4.69) is 10.5 Å². The zero-order chi connectivity index (χ0) is 19.4. The molecular formula is C17H18N6O4. The van der Waals surface area contributed by atoms with Crippen molar-refractivity contribution in [3.8, 4) is 6.07 Å². The molecule has 1 aromatic heterocycles. The third-order valence-corrected chi connectivity index (χ3v) is 4.28. The Hall–Kier alpha value is -3.45. The number of nitro groups is 1. The molecule has 0 aliphatic carbocycles. The van der Waals surface area contributed by atoms with E-state index in [-0.39, 0.29) is 23.7 Å². The van der Waals surface area contributed by atoms with Crippen LogP contribution in [0.4, 0.5) is 17.2 Å². The highest BCUT2D eigenvalue weighted by atomic mass is 16.6. The number of nitriles is 1. The number of nitro benzene ring substituents is 1. The van der Waals surface area contributed by atoms with E-state index in [0.717, 1.165) is 0 Å². The third kappa shape index (κ3) is 4.39. The van der Waals surface area contributed by atoms with E-state index >= 15 is 0 Å². The Labute approximate surface area is 155 Å².